The van der Waals surface area contributed by atoms with Gasteiger partial charge in [0.2, 0.25) is 23.6 Å². The van der Waals surface area contributed by atoms with Crippen molar-refractivity contribution in [3.63, 3.8) is 0 Å². The standard InChI is InChI=1S/C19H16N4O4/c24-15(10-13-6-3-5-12-4-1-2-7-14(12)13)20-19-22-21-16(27-19)11-23-17(25)8-9-18(23)26/h1-7H,8-11H2,(H,20,22,24). The summed E-state index contributed by atoms with van der Waals surface area (Å²) in [4.78, 5) is 36.7. The second kappa shape index (κ2) is 6.99. The zero-order valence-electron chi connectivity index (χ0n) is 14.3. The number of rotatable bonds is 5. The van der Waals surface area contributed by atoms with Gasteiger partial charge in [0.15, 0.2) is 0 Å². The highest BCUT2D eigenvalue weighted by atomic mass is 16.4. The van der Waals surface area contributed by atoms with Crippen molar-refractivity contribution in [1.29, 1.82) is 0 Å². The van der Waals surface area contributed by atoms with Crippen molar-refractivity contribution in [3.8, 4) is 0 Å². The molecule has 0 atom stereocenters. The fraction of sp³-hybridized carbons (Fsp3) is 0.211. The van der Waals surface area contributed by atoms with E-state index in [1.165, 1.54) is 0 Å². The van der Waals surface area contributed by atoms with Crippen LogP contribution in [0.1, 0.15) is 24.3 Å². The van der Waals surface area contributed by atoms with Crippen LogP contribution in [0.5, 0.6) is 0 Å². The third-order valence-electron chi connectivity index (χ3n) is 4.39. The molecule has 8 nitrogen and oxygen atoms in total. The number of nitrogens with zero attached hydrogens (tertiary/aromatic N) is 3. The molecule has 136 valence electrons. The van der Waals surface area contributed by atoms with Crippen molar-refractivity contribution in [1.82, 2.24) is 15.1 Å². The van der Waals surface area contributed by atoms with Crippen LogP contribution >= 0.6 is 0 Å². The summed E-state index contributed by atoms with van der Waals surface area (Å²) in [6, 6.07) is 13.5. The molecule has 0 bridgehead atoms. The predicted octanol–water partition coefficient (Wildman–Crippen LogP) is 2.05. The topological polar surface area (TPSA) is 105 Å². The van der Waals surface area contributed by atoms with E-state index in [1.54, 1.807) is 0 Å². The predicted molar refractivity (Wildman–Crippen MR) is 95.4 cm³/mol. The van der Waals surface area contributed by atoms with Crippen molar-refractivity contribution in [2.45, 2.75) is 25.8 Å². The number of benzene rings is 2. The maximum Gasteiger partial charge on any atom is 0.322 e. The molecule has 1 fully saturated rings. The first-order valence-corrected chi connectivity index (χ1v) is 8.52. The molecule has 0 unspecified atom stereocenters. The molecule has 1 aliphatic rings. The number of hydrogen-bond donors (Lipinski definition) is 1. The van der Waals surface area contributed by atoms with Gasteiger partial charge in [-0.15, -0.1) is 5.10 Å². The average Bonchev–Trinajstić information content (AvgIpc) is 3.23. The molecule has 1 N–H and O–H groups in total. The molecule has 8 heteroatoms. The second-order valence-corrected chi connectivity index (χ2v) is 6.24. The Labute approximate surface area is 154 Å². The van der Waals surface area contributed by atoms with Gasteiger partial charge in [0, 0.05) is 12.8 Å². The molecule has 27 heavy (non-hydrogen) atoms. The lowest BCUT2D eigenvalue weighted by molar-refractivity contribution is -0.139. The molecular formula is C19H16N4O4. The van der Waals surface area contributed by atoms with Crippen LogP contribution in [0.2, 0.25) is 0 Å². The second-order valence-electron chi connectivity index (χ2n) is 6.24. The van der Waals surface area contributed by atoms with Crippen LogP contribution < -0.4 is 5.32 Å². The van der Waals surface area contributed by atoms with E-state index in [1.807, 2.05) is 42.5 Å². The third-order valence-corrected chi connectivity index (χ3v) is 4.39. The van der Waals surface area contributed by atoms with Crippen molar-refractivity contribution in [2.24, 2.45) is 0 Å². The number of carbonyl (C=O) groups excluding carboxylic acids is 3. The highest BCUT2D eigenvalue weighted by molar-refractivity contribution is 6.01. The summed E-state index contributed by atoms with van der Waals surface area (Å²) in [6.07, 6.45) is 0.547. The van der Waals surface area contributed by atoms with Gasteiger partial charge in [-0.05, 0) is 16.3 Å². The van der Waals surface area contributed by atoms with Gasteiger partial charge in [-0.1, -0.05) is 47.6 Å². The van der Waals surface area contributed by atoms with E-state index in [9.17, 15) is 14.4 Å². The Morgan fingerprint density at radius 3 is 2.59 bits per heavy atom. The maximum atomic E-state index is 12.3. The lowest BCUT2D eigenvalue weighted by Gasteiger charge is -2.09. The molecule has 3 amide bonds. The Morgan fingerprint density at radius 2 is 1.78 bits per heavy atom. The maximum absolute atomic E-state index is 12.3. The van der Waals surface area contributed by atoms with Crippen LogP contribution in [0.4, 0.5) is 6.01 Å². The van der Waals surface area contributed by atoms with Gasteiger partial charge in [0.25, 0.3) is 0 Å². The SMILES string of the molecule is O=C(Cc1cccc2ccccc12)Nc1nnc(CN2C(=O)CCC2=O)o1. The number of nitrogens with one attached hydrogen (secondary N) is 1. The Kier molecular flexibility index (Phi) is 4.37. The van der Waals surface area contributed by atoms with Crippen molar-refractivity contribution < 1.29 is 18.8 Å². The number of anilines is 1. The number of aromatic nitrogens is 2. The Balaban J connectivity index is 1.42. The summed E-state index contributed by atoms with van der Waals surface area (Å²) in [5.41, 5.74) is 0.888. The minimum Gasteiger partial charge on any atom is -0.406 e. The van der Waals surface area contributed by atoms with Crippen LogP contribution in [-0.4, -0.2) is 32.8 Å². The zero-order valence-corrected chi connectivity index (χ0v) is 14.3. The van der Waals surface area contributed by atoms with Crippen LogP contribution in [0.3, 0.4) is 0 Å². The first kappa shape index (κ1) is 16.9. The molecule has 2 heterocycles. The molecule has 0 radical (unpaired) electrons. The number of hydrogen-bond acceptors (Lipinski definition) is 6. The van der Waals surface area contributed by atoms with Gasteiger partial charge in [-0.3, -0.25) is 24.6 Å². The van der Waals surface area contributed by atoms with Gasteiger partial charge in [0.1, 0.15) is 6.54 Å². The van der Waals surface area contributed by atoms with Crippen LogP contribution in [0, 0.1) is 0 Å². The summed E-state index contributed by atoms with van der Waals surface area (Å²) in [6.45, 7) is -0.0795. The number of imide groups is 1. The van der Waals surface area contributed by atoms with Crippen LogP contribution in [0.15, 0.2) is 46.9 Å². The highest BCUT2D eigenvalue weighted by Crippen LogP contribution is 2.20. The van der Waals surface area contributed by atoms with Crippen LogP contribution in [0.25, 0.3) is 10.8 Å². The smallest absolute Gasteiger partial charge is 0.322 e. The number of amides is 3. The zero-order chi connectivity index (χ0) is 18.8. The van der Waals surface area contributed by atoms with E-state index >= 15 is 0 Å². The van der Waals surface area contributed by atoms with E-state index < -0.39 is 0 Å². The fourth-order valence-electron chi connectivity index (χ4n) is 3.09. The van der Waals surface area contributed by atoms with Crippen LogP contribution in [-0.2, 0) is 27.3 Å². The number of carbonyl (C=O) groups is 3. The van der Waals surface area contributed by atoms with E-state index in [2.05, 4.69) is 15.5 Å². The summed E-state index contributed by atoms with van der Waals surface area (Å²) in [7, 11) is 0. The first-order chi connectivity index (χ1) is 13.1. The Morgan fingerprint density at radius 1 is 1.04 bits per heavy atom. The average molecular weight is 364 g/mol. The normalized spacial score (nSPS) is 14.1. The van der Waals surface area contributed by atoms with Gasteiger partial charge in [-0.2, -0.15) is 0 Å². The summed E-state index contributed by atoms with van der Waals surface area (Å²) < 4.78 is 5.34. The third kappa shape index (κ3) is 3.55. The van der Waals surface area contributed by atoms with Gasteiger partial charge in [-0.25, -0.2) is 0 Å². The summed E-state index contributed by atoms with van der Waals surface area (Å²) >= 11 is 0. The molecule has 1 saturated heterocycles. The molecule has 0 aliphatic carbocycles. The Bertz CT molecular complexity index is 1020. The minimum atomic E-state index is -0.296. The lowest BCUT2D eigenvalue weighted by Crippen LogP contribution is -2.28. The lowest BCUT2D eigenvalue weighted by atomic mass is 10.0. The molecule has 3 aromatic rings. The fourth-order valence-corrected chi connectivity index (χ4v) is 3.09. The molecule has 2 aromatic carbocycles. The number of fused-ring (bicyclic) bond motifs is 1. The van der Waals surface area contributed by atoms with E-state index in [4.69, 9.17) is 4.42 Å². The Hall–Kier alpha value is -3.55. The highest BCUT2D eigenvalue weighted by Gasteiger charge is 2.30. The summed E-state index contributed by atoms with van der Waals surface area (Å²) in [5, 5.41) is 12.2. The molecule has 0 spiro atoms. The van der Waals surface area contributed by atoms with Gasteiger partial charge in [0.05, 0.1) is 6.42 Å². The van der Waals surface area contributed by atoms with Crippen molar-refractivity contribution in [3.05, 3.63) is 53.9 Å². The van der Waals surface area contributed by atoms with Gasteiger partial charge >= 0.3 is 6.01 Å². The molecule has 1 aromatic heterocycles. The number of likely N-dealkylation sites (tertiary alicyclic amines) is 1. The van der Waals surface area contributed by atoms with Gasteiger partial charge < -0.3 is 4.42 Å². The van der Waals surface area contributed by atoms with E-state index in [0.29, 0.717) is 0 Å². The summed E-state index contributed by atoms with van der Waals surface area (Å²) in [5.74, 6) is -0.728. The largest absolute Gasteiger partial charge is 0.406 e. The monoisotopic (exact) mass is 364 g/mol. The molecular weight excluding hydrogens is 348 g/mol. The molecule has 0 saturated carbocycles. The minimum absolute atomic E-state index is 0.0608. The van der Waals surface area contributed by atoms with Crippen molar-refractivity contribution in [2.75, 3.05) is 5.32 Å². The first-order valence-electron chi connectivity index (χ1n) is 8.52. The van der Waals surface area contributed by atoms with E-state index in [0.717, 1.165) is 21.2 Å². The van der Waals surface area contributed by atoms with Crippen molar-refractivity contribution >= 4 is 34.5 Å². The molecule has 1 aliphatic heterocycles. The van der Waals surface area contributed by atoms with E-state index in [-0.39, 0.29) is 55.4 Å². The quantitative estimate of drug-likeness (QED) is 0.695. The molecule has 4 rings (SSSR count).